The van der Waals surface area contributed by atoms with E-state index < -0.39 is 24.5 Å². The third-order valence-corrected chi connectivity index (χ3v) is 8.83. The summed E-state index contributed by atoms with van der Waals surface area (Å²) in [6.07, 6.45) is 0. The van der Waals surface area contributed by atoms with Gasteiger partial charge in [0.1, 0.15) is 20.4 Å². The van der Waals surface area contributed by atoms with Crippen molar-refractivity contribution in [2.45, 2.75) is 6.92 Å². The summed E-state index contributed by atoms with van der Waals surface area (Å²) in [6, 6.07) is 18.4. The predicted molar refractivity (Wildman–Crippen MR) is 153 cm³/mol. The maximum atomic E-state index is 12.7. The molecule has 0 saturated heterocycles. The fraction of sp³-hybridized carbons (Fsp3) is 0.111. The molecule has 0 saturated carbocycles. The number of hydrogen-bond acceptors (Lipinski definition) is 9. The van der Waals surface area contributed by atoms with Crippen LogP contribution >= 0.6 is 45.6 Å². The van der Waals surface area contributed by atoms with Crippen molar-refractivity contribution in [1.82, 2.24) is 4.98 Å². The smallest absolute Gasteiger partial charge is 0.348 e. The molecule has 5 aromatic rings. The van der Waals surface area contributed by atoms with E-state index in [1.807, 2.05) is 30.3 Å². The first-order chi connectivity index (χ1) is 18.4. The van der Waals surface area contributed by atoms with Crippen molar-refractivity contribution < 1.29 is 23.9 Å². The van der Waals surface area contributed by atoms with E-state index in [1.54, 1.807) is 54.0 Å². The second-order valence-electron chi connectivity index (χ2n) is 7.83. The number of esters is 2. The van der Waals surface area contributed by atoms with E-state index in [2.05, 4.69) is 10.3 Å². The van der Waals surface area contributed by atoms with Crippen molar-refractivity contribution in [2.75, 3.05) is 18.5 Å². The number of hydrogen-bond donors (Lipinski definition) is 1. The van der Waals surface area contributed by atoms with E-state index >= 15 is 0 Å². The molecule has 2 aromatic carbocycles. The van der Waals surface area contributed by atoms with Crippen LogP contribution in [0.15, 0.2) is 66.0 Å². The lowest BCUT2D eigenvalue weighted by Gasteiger charge is -2.10. The molecule has 0 spiro atoms. The number of thiazole rings is 1. The van der Waals surface area contributed by atoms with Gasteiger partial charge in [-0.05, 0) is 37.3 Å². The van der Waals surface area contributed by atoms with Crippen LogP contribution in [0.5, 0.6) is 0 Å². The molecule has 11 heteroatoms. The minimum atomic E-state index is -0.619. The number of carbonyl (C=O) groups excluding carboxylic acids is 3. The number of nitrogens with zero attached hydrogens (tertiary/aromatic N) is 1. The second-order valence-corrected chi connectivity index (χ2v) is 11.2. The Labute approximate surface area is 234 Å². The minimum absolute atomic E-state index is 0.168. The van der Waals surface area contributed by atoms with Crippen molar-refractivity contribution in [2.24, 2.45) is 0 Å². The Morgan fingerprint density at radius 1 is 0.921 bits per heavy atom. The van der Waals surface area contributed by atoms with Crippen LogP contribution in [0.3, 0.4) is 0 Å². The molecule has 0 radical (unpaired) electrons. The molecule has 1 amide bonds. The third kappa shape index (κ3) is 5.48. The van der Waals surface area contributed by atoms with Crippen LogP contribution in [0.1, 0.15) is 27.0 Å². The number of rotatable bonds is 8. The van der Waals surface area contributed by atoms with Gasteiger partial charge in [0, 0.05) is 21.5 Å². The number of para-hydroxylation sites is 1. The van der Waals surface area contributed by atoms with E-state index in [-0.39, 0.29) is 17.2 Å². The van der Waals surface area contributed by atoms with Crippen LogP contribution in [-0.2, 0) is 14.3 Å². The van der Waals surface area contributed by atoms with Gasteiger partial charge in [-0.15, -0.1) is 34.0 Å². The zero-order chi connectivity index (χ0) is 26.6. The molecule has 0 unspecified atom stereocenters. The second kappa shape index (κ2) is 11.4. The molecule has 0 atom stereocenters. The lowest BCUT2D eigenvalue weighted by atomic mass is 10.0. The van der Waals surface area contributed by atoms with E-state index in [0.717, 1.165) is 31.4 Å². The average Bonchev–Trinajstić information content (AvgIpc) is 3.66. The maximum Gasteiger partial charge on any atom is 0.348 e. The molecule has 0 aliphatic heterocycles. The van der Waals surface area contributed by atoms with Crippen molar-refractivity contribution in [3.63, 3.8) is 0 Å². The molecule has 0 aliphatic carbocycles. The summed E-state index contributed by atoms with van der Waals surface area (Å²) in [6.45, 7) is 1.35. The third-order valence-electron chi connectivity index (χ3n) is 5.33. The minimum Gasteiger partial charge on any atom is -0.462 e. The number of carbonyl (C=O) groups is 3. The molecule has 5 rings (SSSR count). The molecule has 0 fully saturated rings. The van der Waals surface area contributed by atoms with Gasteiger partial charge in [0.25, 0.3) is 5.91 Å². The number of ether oxygens (including phenoxy) is 2. The quantitative estimate of drug-likeness (QED) is 0.192. The van der Waals surface area contributed by atoms with Crippen LogP contribution in [-0.4, -0.2) is 36.0 Å². The Balaban J connectivity index is 1.27. The van der Waals surface area contributed by atoms with Crippen LogP contribution in [0, 0.1) is 0 Å². The lowest BCUT2D eigenvalue weighted by molar-refractivity contribution is -0.119. The normalized spacial score (nSPS) is 10.9. The molecule has 0 bridgehead atoms. The lowest BCUT2D eigenvalue weighted by Crippen LogP contribution is -2.21. The molecule has 3 heterocycles. The van der Waals surface area contributed by atoms with Crippen LogP contribution in [0.2, 0.25) is 5.02 Å². The molecule has 3 aromatic heterocycles. The van der Waals surface area contributed by atoms with Gasteiger partial charge in [-0.1, -0.05) is 41.9 Å². The highest BCUT2D eigenvalue weighted by atomic mass is 35.5. The summed E-state index contributed by atoms with van der Waals surface area (Å²) in [5.74, 6) is -1.79. The molecule has 0 aliphatic rings. The fourth-order valence-electron chi connectivity index (χ4n) is 3.64. The zero-order valence-electron chi connectivity index (χ0n) is 19.9. The van der Waals surface area contributed by atoms with Gasteiger partial charge in [-0.2, -0.15) is 0 Å². The van der Waals surface area contributed by atoms with Gasteiger partial charge in [-0.25, -0.2) is 14.6 Å². The van der Waals surface area contributed by atoms with Crippen molar-refractivity contribution >= 4 is 78.7 Å². The van der Waals surface area contributed by atoms with Gasteiger partial charge < -0.3 is 14.8 Å². The average molecular weight is 583 g/mol. The summed E-state index contributed by atoms with van der Waals surface area (Å²) >= 11 is 10.3. The number of fused-ring (bicyclic) bond motifs is 1. The van der Waals surface area contributed by atoms with E-state index in [0.29, 0.717) is 21.0 Å². The molecular weight excluding hydrogens is 564 g/mol. The zero-order valence-corrected chi connectivity index (χ0v) is 23.1. The van der Waals surface area contributed by atoms with Gasteiger partial charge in [0.2, 0.25) is 0 Å². The first kappa shape index (κ1) is 26.1. The summed E-state index contributed by atoms with van der Waals surface area (Å²) in [5.41, 5.74) is 2.29. The van der Waals surface area contributed by atoms with E-state index in [4.69, 9.17) is 21.1 Å². The Morgan fingerprint density at radius 2 is 1.71 bits per heavy atom. The monoisotopic (exact) mass is 582 g/mol. The Morgan fingerprint density at radius 3 is 2.50 bits per heavy atom. The molecular formula is C27H19ClN2O5S3. The molecule has 1 N–H and O–H groups in total. The van der Waals surface area contributed by atoms with Crippen molar-refractivity contribution in [1.29, 1.82) is 0 Å². The largest absolute Gasteiger partial charge is 0.462 e. The number of halogens is 1. The highest BCUT2D eigenvalue weighted by Gasteiger charge is 2.24. The summed E-state index contributed by atoms with van der Waals surface area (Å²) in [7, 11) is 0. The summed E-state index contributed by atoms with van der Waals surface area (Å²) in [4.78, 5) is 43.8. The molecule has 7 nitrogen and oxygen atoms in total. The highest BCUT2D eigenvalue weighted by molar-refractivity contribution is 7.26. The Hall–Kier alpha value is -3.57. The first-order valence-electron chi connectivity index (χ1n) is 11.4. The molecule has 192 valence electrons. The Kier molecular flexibility index (Phi) is 7.85. The van der Waals surface area contributed by atoms with Gasteiger partial charge in [0.15, 0.2) is 6.61 Å². The topological polar surface area (TPSA) is 94.6 Å². The number of amides is 1. The van der Waals surface area contributed by atoms with Crippen LogP contribution in [0.4, 0.5) is 5.00 Å². The fourth-order valence-corrected chi connectivity index (χ4v) is 6.76. The van der Waals surface area contributed by atoms with Gasteiger partial charge >= 0.3 is 11.9 Å². The van der Waals surface area contributed by atoms with E-state index in [9.17, 15) is 14.4 Å². The van der Waals surface area contributed by atoms with Gasteiger partial charge in [-0.3, -0.25) is 4.79 Å². The number of aromatic nitrogens is 1. The SMILES string of the molecule is CCOC(=O)c1c(-c2ccccc2Cl)csc1NC(=O)COC(=O)c1ccc(-c2nc3ccccc3s2)s1. The predicted octanol–water partition coefficient (Wildman–Crippen LogP) is 7.38. The maximum absolute atomic E-state index is 12.7. The van der Waals surface area contributed by atoms with Crippen molar-refractivity contribution in [3.8, 4) is 21.0 Å². The summed E-state index contributed by atoms with van der Waals surface area (Å²) in [5, 5.41) is 5.95. The highest BCUT2D eigenvalue weighted by Crippen LogP contribution is 2.39. The van der Waals surface area contributed by atoms with Gasteiger partial charge in [0.05, 0.1) is 21.7 Å². The van der Waals surface area contributed by atoms with Crippen LogP contribution < -0.4 is 5.32 Å². The summed E-state index contributed by atoms with van der Waals surface area (Å²) < 4.78 is 11.5. The Bertz CT molecular complexity index is 1620. The van der Waals surface area contributed by atoms with E-state index in [1.165, 1.54) is 11.3 Å². The number of nitrogens with one attached hydrogen (secondary N) is 1. The number of benzene rings is 2. The number of anilines is 1. The molecule has 38 heavy (non-hydrogen) atoms. The standard InChI is InChI=1S/C27H19ClN2O5S3/c1-2-34-27(33)23-16(15-7-3-4-8-17(15)28)14-36-25(23)30-22(31)13-35-26(32)21-12-11-20(37-21)24-29-18-9-5-6-10-19(18)38-24/h3-12,14H,2,13H2,1H3,(H,30,31). The number of thiophene rings is 2. The van der Waals surface area contributed by atoms with Crippen molar-refractivity contribution in [3.05, 3.63) is 81.5 Å². The first-order valence-corrected chi connectivity index (χ1v) is 14.3. The van der Waals surface area contributed by atoms with Crippen LogP contribution in [0.25, 0.3) is 31.2 Å².